The molecule has 0 spiro atoms. The van der Waals surface area contributed by atoms with E-state index in [1.54, 1.807) is 4.72 Å². The van der Waals surface area contributed by atoms with E-state index in [-0.39, 0.29) is 12.3 Å². The normalized spacial score (nSPS) is 21.9. The summed E-state index contributed by atoms with van der Waals surface area (Å²) in [6, 6.07) is -0.689. The topological polar surface area (TPSA) is 92.8 Å². The third-order valence-corrected chi connectivity index (χ3v) is 4.11. The van der Waals surface area contributed by atoms with Crippen LogP contribution in [-0.2, 0) is 19.7 Å². The Balaban J connectivity index is 2.87. The number of nitrogens with zero attached hydrogens (tertiary/aromatic N) is 1. The lowest BCUT2D eigenvalue weighted by Crippen LogP contribution is -2.52. The average molecular weight is 264 g/mol. The summed E-state index contributed by atoms with van der Waals surface area (Å²) < 4.78 is 30.7. The minimum atomic E-state index is -4.00. The van der Waals surface area contributed by atoms with Crippen molar-refractivity contribution < 1.29 is 22.7 Å². The van der Waals surface area contributed by atoms with Crippen LogP contribution in [0.25, 0.3) is 0 Å². The molecular weight excluding hydrogens is 248 g/mol. The molecule has 0 bridgehead atoms. The Morgan fingerprint density at radius 1 is 1.35 bits per heavy atom. The fourth-order valence-electron chi connectivity index (χ4n) is 1.80. The molecule has 1 fully saturated rings. The molecule has 0 aromatic rings. The molecule has 0 aromatic carbocycles. The van der Waals surface area contributed by atoms with Gasteiger partial charge in [-0.05, 0) is 19.8 Å². The Morgan fingerprint density at radius 3 is 2.53 bits per heavy atom. The lowest BCUT2D eigenvalue weighted by atomic mass is 10.0. The molecule has 98 valence electrons. The van der Waals surface area contributed by atoms with E-state index >= 15 is 0 Å². The van der Waals surface area contributed by atoms with Crippen LogP contribution in [-0.4, -0.2) is 44.3 Å². The molecule has 7 nitrogen and oxygen atoms in total. The van der Waals surface area contributed by atoms with E-state index in [0.29, 0.717) is 12.8 Å². The van der Waals surface area contributed by atoms with Crippen molar-refractivity contribution in [3.8, 4) is 0 Å². The number of amides is 1. The van der Waals surface area contributed by atoms with Crippen LogP contribution in [0.4, 0.5) is 4.79 Å². The summed E-state index contributed by atoms with van der Waals surface area (Å²) in [5.74, 6) is -0.222. The van der Waals surface area contributed by atoms with Crippen LogP contribution in [0.5, 0.6) is 0 Å². The van der Waals surface area contributed by atoms with Gasteiger partial charge < -0.3 is 4.74 Å². The van der Waals surface area contributed by atoms with Gasteiger partial charge >= 0.3 is 16.3 Å². The van der Waals surface area contributed by atoms with Gasteiger partial charge in [0, 0.05) is 6.54 Å². The van der Waals surface area contributed by atoms with Crippen molar-refractivity contribution in [2.75, 3.05) is 13.7 Å². The van der Waals surface area contributed by atoms with E-state index in [4.69, 9.17) is 0 Å². The Morgan fingerprint density at radius 2 is 2.00 bits per heavy atom. The number of hydrogen-bond donors (Lipinski definition) is 1. The van der Waals surface area contributed by atoms with Crippen LogP contribution in [0.2, 0.25) is 0 Å². The highest BCUT2D eigenvalue weighted by molar-refractivity contribution is 7.87. The highest BCUT2D eigenvalue weighted by Gasteiger charge is 2.35. The smallest absolute Gasteiger partial charge is 0.421 e. The third kappa shape index (κ3) is 3.40. The van der Waals surface area contributed by atoms with Gasteiger partial charge in [0.2, 0.25) is 0 Å². The Bertz CT molecular complexity index is 406. The highest BCUT2D eigenvalue weighted by atomic mass is 32.2. The average Bonchev–Trinajstić information content (AvgIpc) is 2.28. The second-order valence-corrected chi connectivity index (χ2v) is 5.45. The van der Waals surface area contributed by atoms with Gasteiger partial charge in [-0.2, -0.15) is 12.7 Å². The first kappa shape index (κ1) is 13.9. The first-order valence-corrected chi connectivity index (χ1v) is 6.70. The summed E-state index contributed by atoms with van der Waals surface area (Å²) in [6.45, 7) is 1.58. The zero-order valence-electron chi connectivity index (χ0n) is 9.80. The molecule has 1 rings (SSSR count). The van der Waals surface area contributed by atoms with E-state index in [2.05, 4.69) is 4.74 Å². The zero-order valence-corrected chi connectivity index (χ0v) is 10.6. The lowest BCUT2D eigenvalue weighted by molar-refractivity contribution is -0.121. The molecule has 0 aliphatic carbocycles. The quantitative estimate of drug-likeness (QED) is 0.776. The third-order valence-electron chi connectivity index (χ3n) is 2.63. The molecule has 17 heavy (non-hydrogen) atoms. The van der Waals surface area contributed by atoms with Crippen molar-refractivity contribution in [3.63, 3.8) is 0 Å². The molecule has 8 heteroatoms. The number of hydrogen-bond acceptors (Lipinski definition) is 5. The summed E-state index contributed by atoms with van der Waals surface area (Å²) in [4.78, 5) is 22.3. The number of nitrogens with one attached hydrogen (secondary N) is 1. The minimum Gasteiger partial charge on any atom is -0.452 e. The molecule has 1 heterocycles. The largest absolute Gasteiger partial charge is 0.452 e. The number of methoxy groups -OCH3 is 1. The maximum atomic E-state index is 11.8. The van der Waals surface area contributed by atoms with Crippen LogP contribution < -0.4 is 4.72 Å². The van der Waals surface area contributed by atoms with Gasteiger partial charge in [0.05, 0.1) is 13.2 Å². The van der Waals surface area contributed by atoms with E-state index in [1.165, 1.54) is 6.92 Å². The number of piperidine rings is 1. The molecule has 1 aliphatic rings. The summed E-state index contributed by atoms with van der Waals surface area (Å²) >= 11 is 0. The van der Waals surface area contributed by atoms with Gasteiger partial charge in [-0.3, -0.25) is 4.79 Å². The summed E-state index contributed by atoms with van der Waals surface area (Å²) in [5, 5.41) is 0. The number of Topliss-reactive ketones (excluding diaryl/α,β-unsaturated/α-hetero) is 1. The van der Waals surface area contributed by atoms with Gasteiger partial charge in [-0.25, -0.2) is 9.52 Å². The Hall–Kier alpha value is -1.15. The van der Waals surface area contributed by atoms with E-state index in [1.807, 2.05) is 0 Å². The predicted molar refractivity (Wildman–Crippen MR) is 59.5 cm³/mol. The Kier molecular flexibility index (Phi) is 4.47. The number of rotatable bonds is 3. The van der Waals surface area contributed by atoms with Gasteiger partial charge in [-0.1, -0.05) is 6.42 Å². The first-order valence-electron chi connectivity index (χ1n) is 5.26. The molecule has 1 unspecified atom stereocenters. The van der Waals surface area contributed by atoms with Crippen LogP contribution >= 0.6 is 0 Å². The number of ether oxygens (including phenoxy) is 1. The fourth-order valence-corrected chi connectivity index (χ4v) is 3.17. The minimum absolute atomic E-state index is 0.222. The summed E-state index contributed by atoms with van der Waals surface area (Å²) in [5.41, 5.74) is 0. The van der Waals surface area contributed by atoms with E-state index in [9.17, 15) is 18.0 Å². The van der Waals surface area contributed by atoms with Crippen LogP contribution in [0.15, 0.2) is 0 Å². The van der Waals surface area contributed by atoms with Crippen molar-refractivity contribution in [1.29, 1.82) is 0 Å². The molecule has 0 saturated carbocycles. The first-order chi connectivity index (χ1) is 7.88. The van der Waals surface area contributed by atoms with Gasteiger partial charge in [0.1, 0.15) is 5.78 Å². The fraction of sp³-hybridized carbons (Fsp3) is 0.778. The monoisotopic (exact) mass is 264 g/mol. The van der Waals surface area contributed by atoms with Crippen molar-refractivity contribution in [2.45, 2.75) is 32.2 Å². The molecule has 1 atom stereocenters. The zero-order chi connectivity index (χ0) is 13.1. The van der Waals surface area contributed by atoms with E-state index in [0.717, 1.165) is 17.8 Å². The number of ketones is 1. The molecule has 0 radical (unpaired) electrons. The van der Waals surface area contributed by atoms with Gasteiger partial charge in [0.25, 0.3) is 0 Å². The SMILES string of the molecule is COC(=O)NS(=O)(=O)N1CCCCC1C(C)=O. The van der Waals surface area contributed by atoms with Crippen molar-refractivity contribution >= 4 is 22.1 Å². The molecule has 1 saturated heterocycles. The molecule has 1 amide bonds. The maximum absolute atomic E-state index is 11.8. The second-order valence-electron chi connectivity index (χ2n) is 3.83. The van der Waals surface area contributed by atoms with Crippen LogP contribution in [0, 0.1) is 0 Å². The highest BCUT2D eigenvalue weighted by Crippen LogP contribution is 2.20. The van der Waals surface area contributed by atoms with Crippen LogP contribution in [0.3, 0.4) is 0 Å². The summed E-state index contributed by atoms with van der Waals surface area (Å²) in [7, 11) is -2.93. The van der Waals surface area contributed by atoms with Crippen molar-refractivity contribution in [2.24, 2.45) is 0 Å². The van der Waals surface area contributed by atoms with E-state index < -0.39 is 22.3 Å². The predicted octanol–water partition coefficient (Wildman–Crippen LogP) is 0.0307. The standard InChI is InChI=1S/C9H16N2O5S/c1-7(12)8-5-3-4-6-11(8)17(14,15)10-9(13)16-2/h8H,3-6H2,1-2H3,(H,10,13). The Labute approximate surface area is 100 Å². The van der Waals surface area contributed by atoms with Gasteiger partial charge in [-0.15, -0.1) is 0 Å². The molecular formula is C9H16N2O5S. The van der Waals surface area contributed by atoms with Crippen molar-refractivity contribution in [3.05, 3.63) is 0 Å². The molecule has 1 aliphatic heterocycles. The lowest BCUT2D eigenvalue weighted by Gasteiger charge is -2.32. The number of carbonyl (C=O) groups is 2. The van der Waals surface area contributed by atoms with Crippen molar-refractivity contribution in [1.82, 2.24) is 9.03 Å². The maximum Gasteiger partial charge on any atom is 0.421 e. The second kappa shape index (κ2) is 5.46. The molecule has 0 aromatic heterocycles. The summed E-state index contributed by atoms with van der Waals surface area (Å²) in [6.07, 6.45) is 0.899. The van der Waals surface area contributed by atoms with Gasteiger partial charge in [0.15, 0.2) is 0 Å². The van der Waals surface area contributed by atoms with Crippen LogP contribution in [0.1, 0.15) is 26.2 Å². The number of carbonyl (C=O) groups excluding carboxylic acids is 2. The molecule has 1 N–H and O–H groups in total.